The van der Waals surface area contributed by atoms with Crippen molar-refractivity contribution in [3.05, 3.63) is 64.2 Å². The number of ketones is 1. The van der Waals surface area contributed by atoms with E-state index in [0.29, 0.717) is 11.1 Å². The van der Waals surface area contributed by atoms with Crippen molar-refractivity contribution in [3.8, 4) is 11.1 Å². The van der Waals surface area contributed by atoms with Crippen LogP contribution in [0.3, 0.4) is 0 Å². The lowest BCUT2D eigenvalue weighted by Gasteiger charge is -2.28. The number of carbonyl (C=O) groups is 4. The number of amides is 4. The van der Waals surface area contributed by atoms with Crippen molar-refractivity contribution in [2.24, 2.45) is 0 Å². The maximum absolute atomic E-state index is 12.4. The molecule has 10 nitrogen and oxygen atoms in total. The van der Waals surface area contributed by atoms with Gasteiger partial charge in [0.15, 0.2) is 5.78 Å². The maximum atomic E-state index is 12.4. The first-order valence-corrected chi connectivity index (χ1v) is 7.98. The van der Waals surface area contributed by atoms with Gasteiger partial charge < -0.3 is 5.11 Å². The molecule has 142 valence electrons. The van der Waals surface area contributed by atoms with Gasteiger partial charge in [-0.15, -0.1) is 0 Å². The third-order valence-electron chi connectivity index (χ3n) is 4.22. The average Bonchev–Trinajstić information content (AvgIpc) is 2.66. The fourth-order valence-electron chi connectivity index (χ4n) is 2.69. The molecule has 1 saturated heterocycles. The highest BCUT2D eigenvalue weighted by atomic mass is 16.6. The molecule has 0 aromatic heterocycles. The van der Waals surface area contributed by atoms with E-state index in [0.717, 1.165) is 0 Å². The molecule has 1 aliphatic heterocycles. The molecule has 0 aliphatic carbocycles. The number of rotatable bonds is 5. The van der Waals surface area contributed by atoms with Crippen molar-refractivity contribution >= 4 is 29.3 Å². The van der Waals surface area contributed by atoms with E-state index in [4.69, 9.17) is 0 Å². The van der Waals surface area contributed by atoms with Gasteiger partial charge in [-0.2, -0.15) is 0 Å². The van der Waals surface area contributed by atoms with Crippen LogP contribution in [0.25, 0.3) is 11.1 Å². The summed E-state index contributed by atoms with van der Waals surface area (Å²) in [6, 6.07) is 10.8. The van der Waals surface area contributed by atoms with Gasteiger partial charge in [-0.25, -0.2) is 4.79 Å². The third kappa shape index (κ3) is 3.48. The van der Waals surface area contributed by atoms with Crippen LogP contribution in [0.4, 0.5) is 10.5 Å². The Kier molecular flexibility index (Phi) is 4.72. The minimum Gasteiger partial charge on any atom is -0.371 e. The van der Waals surface area contributed by atoms with E-state index in [1.807, 2.05) is 0 Å². The second kappa shape index (κ2) is 7.00. The maximum Gasteiger partial charge on any atom is 0.328 e. The number of carbonyl (C=O) groups excluding carboxylic acids is 4. The second-order valence-corrected chi connectivity index (χ2v) is 6.08. The van der Waals surface area contributed by atoms with E-state index in [1.54, 1.807) is 28.8 Å². The lowest BCUT2D eigenvalue weighted by atomic mass is 9.90. The standard InChI is InChI=1S/C18H13N3O7/c22-14(9-18(26)15(23)19-17(25)20-16(18)24)11-6-4-10(5-7-11)12-2-1-3-13(8-12)21(27)28/h1-8,26H,9H2,(H2,19,20,23,24,25). The van der Waals surface area contributed by atoms with E-state index >= 15 is 0 Å². The van der Waals surface area contributed by atoms with E-state index in [2.05, 4.69) is 0 Å². The number of imide groups is 2. The molecule has 2 aromatic rings. The minimum absolute atomic E-state index is 0.0799. The predicted octanol–water partition coefficient (Wildman–Crippen LogP) is 0.932. The van der Waals surface area contributed by atoms with E-state index in [9.17, 15) is 34.4 Å². The first-order valence-electron chi connectivity index (χ1n) is 7.98. The van der Waals surface area contributed by atoms with Crippen molar-refractivity contribution in [1.29, 1.82) is 0 Å². The lowest BCUT2D eigenvalue weighted by molar-refractivity contribution is -0.384. The number of nitro benzene ring substituents is 1. The Morgan fingerprint density at radius 3 is 2.18 bits per heavy atom. The highest BCUT2D eigenvalue weighted by Crippen LogP contribution is 2.25. The molecular formula is C18H13N3O7. The molecule has 1 heterocycles. The number of hydrogen-bond donors (Lipinski definition) is 3. The van der Waals surface area contributed by atoms with Crippen molar-refractivity contribution in [2.45, 2.75) is 12.0 Å². The zero-order valence-electron chi connectivity index (χ0n) is 14.2. The van der Waals surface area contributed by atoms with E-state index in [-0.39, 0.29) is 11.3 Å². The van der Waals surface area contributed by atoms with Gasteiger partial charge in [0, 0.05) is 17.7 Å². The van der Waals surface area contributed by atoms with Gasteiger partial charge in [0.05, 0.1) is 11.3 Å². The molecular weight excluding hydrogens is 370 g/mol. The summed E-state index contributed by atoms with van der Waals surface area (Å²) in [6.07, 6.45) is -0.853. The Morgan fingerprint density at radius 2 is 1.61 bits per heavy atom. The number of nitrogens with one attached hydrogen (secondary N) is 2. The third-order valence-corrected chi connectivity index (χ3v) is 4.22. The van der Waals surface area contributed by atoms with Crippen LogP contribution in [0.2, 0.25) is 0 Å². The number of aliphatic hydroxyl groups is 1. The van der Waals surface area contributed by atoms with Crippen LogP contribution in [0.15, 0.2) is 48.5 Å². The molecule has 4 amide bonds. The number of nitro groups is 1. The van der Waals surface area contributed by atoms with Gasteiger partial charge in [0.25, 0.3) is 17.5 Å². The molecule has 1 fully saturated rings. The average molecular weight is 383 g/mol. The number of Topliss-reactive ketones (excluding diaryl/α,β-unsaturated/α-hetero) is 1. The molecule has 0 atom stereocenters. The number of nitrogens with zero attached hydrogens (tertiary/aromatic N) is 1. The summed E-state index contributed by atoms with van der Waals surface area (Å²) in [5.74, 6) is -3.25. The summed E-state index contributed by atoms with van der Waals surface area (Å²) >= 11 is 0. The van der Waals surface area contributed by atoms with Gasteiger partial charge in [-0.05, 0) is 11.1 Å². The molecule has 10 heteroatoms. The lowest BCUT2D eigenvalue weighted by Crippen LogP contribution is -2.67. The Balaban J connectivity index is 1.80. The Bertz CT molecular complexity index is 994. The highest BCUT2D eigenvalue weighted by Gasteiger charge is 2.50. The van der Waals surface area contributed by atoms with Gasteiger partial charge in [-0.3, -0.25) is 35.1 Å². The minimum atomic E-state index is -2.69. The first-order chi connectivity index (χ1) is 13.2. The summed E-state index contributed by atoms with van der Waals surface area (Å²) in [7, 11) is 0. The summed E-state index contributed by atoms with van der Waals surface area (Å²) in [4.78, 5) is 57.4. The van der Waals surface area contributed by atoms with Gasteiger partial charge in [0.2, 0.25) is 5.60 Å². The molecule has 3 N–H and O–H groups in total. The Hall–Kier alpha value is -3.92. The van der Waals surface area contributed by atoms with Crippen LogP contribution in [0, 0.1) is 10.1 Å². The molecule has 2 aromatic carbocycles. The van der Waals surface area contributed by atoms with E-state index < -0.39 is 40.6 Å². The highest BCUT2D eigenvalue weighted by molar-refractivity contribution is 6.23. The predicted molar refractivity (Wildman–Crippen MR) is 94.1 cm³/mol. The SMILES string of the molecule is O=C1NC(=O)C(O)(CC(=O)c2ccc(-c3cccc([N+](=O)[O-])c3)cc2)C(=O)N1. The van der Waals surface area contributed by atoms with Crippen molar-refractivity contribution in [3.63, 3.8) is 0 Å². The number of benzene rings is 2. The quantitative estimate of drug-likeness (QED) is 0.300. The molecule has 0 saturated carbocycles. The number of urea groups is 1. The molecule has 28 heavy (non-hydrogen) atoms. The Morgan fingerprint density at radius 1 is 1.00 bits per heavy atom. The number of barbiturate groups is 1. The van der Waals surface area contributed by atoms with E-state index in [1.165, 1.54) is 30.3 Å². The molecule has 0 spiro atoms. The number of hydrogen-bond acceptors (Lipinski definition) is 7. The zero-order chi connectivity index (χ0) is 20.5. The Labute approximate surface area is 157 Å². The fourth-order valence-corrected chi connectivity index (χ4v) is 2.69. The van der Waals surface area contributed by atoms with Gasteiger partial charge in [0.1, 0.15) is 0 Å². The molecule has 1 aliphatic rings. The van der Waals surface area contributed by atoms with Crippen LogP contribution < -0.4 is 10.6 Å². The summed E-state index contributed by atoms with van der Waals surface area (Å²) in [5.41, 5.74) is -1.48. The smallest absolute Gasteiger partial charge is 0.328 e. The normalized spacial score (nSPS) is 15.5. The summed E-state index contributed by atoms with van der Waals surface area (Å²) in [5, 5.41) is 24.6. The zero-order valence-corrected chi connectivity index (χ0v) is 14.2. The van der Waals surface area contributed by atoms with Crippen molar-refractivity contribution in [1.82, 2.24) is 10.6 Å². The van der Waals surface area contributed by atoms with Crippen molar-refractivity contribution < 1.29 is 29.2 Å². The topological polar surface area (TPSA) is 156 Å². The van der Waals surface area contributed by atoms with Crippen LogP contribution in [-0.2, 0) is 9.59 Å². The second-order valence-electron chi connectivity index (χ2n) is 6.08. The van der Waals surface area contributed by atoms with Crippen molar-refractivity contribution in [2.75, 3.05) is 0 Å². The monoisotopic (exact) mass is 383 g/mol. The fraction of sp³-hybridized carbons (Fsp3) is 0.111. The van der Waals surface area contributed by atoms with Crippen LogP contribution >= 0.6 is 0 Å². The van der Waals surface area contributed by atoms with Crippen LogP contribution in [0.1, 0.15) is 16.8 Å². The molecule has 0 radical (unpaired) electrons. The summed E-state index contributed by atoms with van der Waals surface area (Å²) in [6.45, 7) is 0. The van der Waals surface area contributed by atoms with Gasteiger partial charge in [-0.1, -0.05) is 36.4 Å². The largest absolute Gasteiger partial charge is 0.371 e. The first kappa shape index (κ1) is 18.9. The van der Waals surface area contributed by atoms with Gasteiger partial charge >= 0.3 is 6.03 Å². The van der Waals surface area contributed by atoms with Crippen LogP contribution in [0.5, 0.6) is 0 Å². The molecule has 3 rings (SSSR count). The molecule has 0 unspecified atom stereocenters. The molecule has 0 bridgehead atoms. The van der Waals surface area contributed by atoms with Crippen LogP contribution in [-0.4, -0.2) is 39.3 Å². The summed E-state index contributed by atoms with van der Waals surface area (Å²) < 4.78 is 0. The number of non-ortho nitro benzene ring substituents is 1.